The number of aromatic nitrogens is 1. The summed E-state index contributed by atoms with van der Waals surface area (Å²) in [5.41, 5.74) is 1.23. The number of carbonyl (C=O) groups excluding carboxylic acids is 1. The summed E-state index contributed by atoms with van der Waals surface area (Å²) in [7, 11) is 0. The molecule has 0 radical (unpaired) electrons. The molecule has 5 nitrogen and oxygen atoms in total. The SMILES string of the molecule is CC(C)CC(CNC(=O)c1cc2cc(F)ccc2[nH]1)N1CCOCC1. The van der Waals surface area contributed by atoms with Crippen LogP contribution in [0.4, 0.5) is 4.39 Å². The third-order valence-electron chi connectivity index (χ3n) is 4.63. The molecule has 1 fully saturated rings. The number of amides is 1. The summed E-state index contributed by atoms with van der Waals surface area (Å²) in [4.78, 5) is 17.9. The average Bonchev–Trinajstić information content (AvgIpc) is 3.02. The fourth-order valence-electron chi connectivity index (χ4n) is 3.38. The Bertz CT molecular complexity index is 723. The van der Waals surface area contributed by atoms with Crippen LogP contribution in [0.2, 0.25) is 0 Å². The van der Waals surface area contributed by atoms with E-state index < -0.39 is 0 Å². The van der Waals surface area contributed by atoms with Crippen molar-refractivity contribution in [3.05, 3.63) is 35.8 Å². The molecular formula is C19H26FN3O2. The van der Waals surface area contributed by atoms with Crippen molar-refractivity contribution in [2.45, 2.75) is 26.3 Å². The smallest absolute Gasteiger partial charge is 0.267 e. The standard InChI is InChI=1S/C19H26FN3O2/c1-13(2)9-16(23-5-7-25-8-6-23)12-21-19(24)18-11-14-10-15(20)3-4-17(14)22-18/h3-4,10-11,13,16,22H,5-9,12H2,1-2H3,(H,21,24). The number of rotatable bonds is 6. The fraction of sp³-hybridized carbons (Fsp3) is 0.526. The zero-order valence-electron chi connectivity index (χ0n) is 14.8. The van der Waals surface area contributed by atoms with E-state index in [0.29, 0.717) is 29.6 Å². The predicted molar refractivity (Wildman–Crippen MR) is 96.2 cm³/mol. The first-order valence-corrected chi connectivity index (χ1v) is 8.91. The molecule has 1 atom stereocenters. The summed E-state index contributed by atoms with van der Waals surface area (Å²) in [5.74, 6) is 0.0993. The van der Waals surface area contributed by atoms with Crippen molar-refractivity contribution in [2.24, 2.45) is 5.92 Å². The highest BCUT2D eigenvalue weighted by Gasteiger charge is 2.23. The number of morpholine rings is 1. The minimum absolute atomic E-state index is 0.154. The molecule has 2 N–H and O–H groups in total. The minimum atomic E-state index is -0.303. The van der Waals surface area contributed by atoms with E-state index in [-0.39, 0.29) is 11.7 Å². The van der Waals surface area contributed by atoms with Gasteiger partial charge in [-0.1, -0.05) is 13.8 Å². The molecule has 1 aliphatic rings. The Balaban J connectivity index is 1.64. The summed E-state index contributed by atoms with van der Waals surface area (Å²) < 4.78 is 18.7. The van der Waals surface area contributed by atoms with Gasteiger partial charge >= 0.3 is 0 Å². The summed E-state index contributed by atoms with van der Waals surface area (Å²) >= 11 is 0. The van der Waals surface area contributed by atoms with Crippen LogP contribution in [0.3, 0.4) is 0 Å². The van der Waals surface area contributed by atoms with Gasteiger partial charge in [0.15, 0.2) is 0 Å². The van der Waals surface area contributed by atoms with Crippen LogP contribution in [0.1, 0.15) is 30.8 Å². The Labute approximate surface area is 147 Å². The van der Waals surface area contributed by atoms with Crippen LogP contribution in [0.25, 0.3) is 10.9 Å². The van der Waals surface area contributed by atoms with Crippen molar-refractivity contribution in [3.63, 3.8) is 0 Å². The molecule has 1 unspecified atom stereocenters. The number of ether oxygens (including phenoxy) is 1. The minimum Gasteiger partial charge on any atom is -0.379 e. The number of nitrogens with zero attached hydrogens (tertiary/aromatic N) is 1. The molecule has 3 rings (SSSR count). The Morgan fingerprint density at radius 3 is 2.80 bits per heavy atom. The second-order valence-corrected chi connectivity index (χ2v) is 7.06. The van der Waals surface area contributed by atoms with Gasteiger partial charge in [0.2, 0.25) is 0 Å². The van der Waals surface area contributed by atoms with Crippen LogP contribution in [-0.2, 0) is 4.74 Å². The van der Waals surface area contributed by atoms with Gasteiger partial charge in [0.05, 0.1) is 13.2 Å². The molecule has 1 amide bonds. The lowest BCUT2D eigenvalue weighted by Crippen LogP contribution is -2.49. The van der Waals surface area contributed by atoms with Gasteiger partial charge in [-0.25, -0.2) is 4.39 Å². The maximum atomic E-state index is 13.3. The van der Waals surface area contributed by atoms with Gasteiger partial charge in [0, 0.05) is 36.6 Å². The van der Waals surface area contributed by atoms with E-state index >= 15 is 0 Å². The number of carbonyl (C=O) groups is 1. The molecule has 0 spiro atoms. The molecule has 2 heterocycles. The first-order valence-electron chi connectivity index (χ1n) is 8.91. The summed E-state index contributed by atoms with van der Waals surface area (Å²) in [6, 6.07) is 6.46. The lowest BCUT2D eigenvalue weighted by atomic mass is 10.0. The number of hydrogen-bond donors (Lipinski definition) is 2. The number of benzene rings is 1. The number of nitrogens with one attached hydrogen (secondary N) is 2. The number of aromatic amines is 1. The molecule has 2 aromatic rings. The summed E-state index contributed by atoms with van der Waals surface area (Å²) in [6.07, 6.45) is 1.03. The van der Waals surface area contributed by atoms with Crippen LogP contribution < -0.4 is 5.32 Å². The number of H-pyrrole nitrogens is 1. The van der Waals surface area contributed by atoms with Gasteiger partial charge in [-0.15, -0.1) is 0 Å². The molecule has 6 heteroatoms. The zero-order valence-corrected chi connectivity index (χ0v) is 14.8. The van der Waals surface area contributed by atoms with Gasteiger partial charge < -0.3 is 15.0 Å². The van der Waals surface area contributed by atoms with E-state index in [1.54, 1.807) is 12.1 Å². The second kappa shape index (κ2) is 7.97. The van der Waals surface area contributed by atoms with E-state index in [1.807, 2.05) is 0 Å². The molecule has 1 aromatic carbocycles. The van der Waals surface area contributed by atoms with Crippen molar-refractivity contribution in [1.82, 2.24) is 15.2 Å². The largest absolute Gasteiger partial charge is 0.379 e. The van der Waals surface area contributed by atoms with Crippen molar-refractivity contribution in [3.8, 4) is 0 Å². The average molecular weight is 347 g/mol. The van der Waals surface area contributed by atoms with Crippen molar-refractivity contribution in [2.75, 3.05) is 32.8 Å². The highest BCUT2D eigenvalue weighted by Crippen LogP contribution is 2.17. The van der Waals surface area contributed by atoms with Crippen molar-refractivity contribution < 1.29 is 13.9 Å². The fourth-order valence-corrected chi connectivity index (χ4v) is 3.38. The second-order valence-electron chi connectivity index (χ2n) is 7.06. The lowest BCUT2D eigenvalue weighted by molar-refractivity contribution is 0.0124. The number of fused-ring (bicyclic) bond motifs is 1. The predicted octanol–water partition coefficient (Wildman–Crippen LogP) is 2.78. The van der Waals surface area contributed by atoms with Crippen LogP contribution in [-0.4, -0.2) is 54.7 Å². The Morgan fingerprint density at radius 2 is 2.08 bits per heavy atom. The zero-order chi connectivity index (χ0) is 17.8. The van der Waals surface area contributed by atoms with Crippen LogP contribution in [0.15, 0.2) is 24.3 Å². The molecule has 0 saturated carbocycles. The third kappa shape index (κ3) is 4.58. The van der Waals surface area contributed by atoms with E-state index in [1.165, 1.54) is 12.1 Å². The van der Waals surface area contributed by atoms with Crippen LogP contribution in [0.5, 0.6) is 0 Å². The Kier molecular flexibility index (Phi) is 5.71. The van der Waals surface area contributed by atoms with E-state index in [4.69, 9.17) is 4.74 Å². The van der Waals surface area contributed by atoms with E-state index in [2.05, 4.69) is 29.0 Å². The van der Waals surface area contributed by atoms with Gasteiger partial charge in [-0.05, 0) is 36.6 Å². The highest BCUT2D eigenvalue weighted by atomic mass is 19.1. The first kappa shape index (κ1) is 17.9. The molecule has 1 aliphatic heterocycles. The van der Waals surface area contributed by atoms with Gasteiger partial charge in [0.25, 0.3) is 5.91 Å². The first-order chi connectivity index (χ1) is 12.0. The lowest BCUT2D eigenvalue weighted by Gasteiger charge is -2.35. The Morgan fingerprint density at radius 1 is 1.32 bits per heavy atom. The van der Waals surface area contributed by atoms with Crippen LogP contribution >= 0.6 is 0 Å². The molecule has 0 aliphatic carbocycles. The maximum absolute atomic E-state index is 13.3. The topological polar surface area (TPSA) is 57.4 Å². The molecule has 1 aromatic heterocycles. The van der Waals surface area contributed by atoms with Gasteiger partial charge in [-0.2, -0.15) is 0 Å². The molecular weight excluding hydrogens is 321 g/mol. The highest BCUT2D eigenvalue weighted by molar-refractivity contribution is 5.98. The van der Waals surface area contributed by atoms with Gasteiger partial charge in [0.1, 0.15) is 11.5 Å². The molecule has 1 saturated heterocycles. The maximum Gasteiger partial charge on any atom is 0.267 e. The van der Waals surface area contributed by atoms with Crippen LogP contribution in [0, 0.1) is 11.7 Å². The van der Waals surface area contributed by atoms with Crippen molar-refractivity contribution in [1.29, 1.82) is 0 Å². The monoisotopic (exact) mass is 347 g/mol. The Hall–Kier alpha value is -1.92. The molecule has 136 valence electrons. The summed E-state index contributed by atoms with van der Waals surface area (Å²) in [5, 5.41) is 3.74. The quantitative estimate of drug-likeness (QED) is 0.845. The number of halogens is 1. The van der Waals surface area contributed by atoms with Crippen molar-refractivity contribution >= 4 is 16.8 Å². The molecule has 25 heavy (non-hydrogen) atoms. The molecule has 0 bridgehead atoms. The van der Waals surface area contributed by atoms with Gasteiger partial charge in [-0.3, -0.25) is 9.69 Å². The van der Waals surface area contributed by atoms with E-state index in [0.717, 1.165) is 38.2 Å². The third-order valence-corrected chi connectivity index (χ3v) is 4.63. The number of hydrogen-bond acceptors (Lipinski definition) is 3. The van der Waals surface area contributed by atoms with E-state index in [9.17, 15) is 9.18 Å². The normalized spacial score (nSPS) is 17.1. The summed E-state index contributed by atoms with van der Waals surface area (Å²) in [6.45, 7) is 8.29.